The number of fused-ring (bicyclic) bond motifs is 3. The van der Waals surface area contributed by atoms with Crippen molar-refractivity contribution in [1.29, 1.82) is 0 Å². The fraction of sp³-hybridized carbons (Fsp3) is 0.375. The molecule has 4 rings (SSSR count). The number of carbonyl (C=O) groups is 1. The van der Waals surface area contributed by atoms with Crippen molar-refractivity contribution in [3.63, 3.8) is 0 Å². The molecule has 0 amide bonds. The average molecular weight is 312 g/mol. The van der Waals surface area contributed by atoms with Crippen LogP contribution in [0.5, 0.6) is 0 Å². The number of nitrogens with one attached hydrogen (secondary N) is 1. The minimum Gasteiger partial charge on any atom is -0.478 e. The van der Waals surface area contributed by atoms with Crippen molar-refractivity contribution in [1.82, 2.24) is 15.0 Å². The SMILES string of the molecule is O=C(O)C1=CC=CC2=Nn3c(C4CCNCC4)cc(=O)nc3C12. The molecular formula is C16H16N4O3. The molecule has 1 unspecified atom stereocenters. The highest BCUT2D eigenvalue weighted by Crippen LogP contribution is 2.35. The second kappa shape index (κ2) is 5.27. The minimum atomic E-state index is -1.01. The monoisotopic (exact) mass is 312 g/mol. The van der Waals surface area contributed by atoms with E-state index in [0.717, 1.165) is 31.6 Å². The molecule has 0 aromatic carbocycles. The van der Waals surface area contributed by atoms with E-state index < -0.39 is 11.9 Å². The molecule has 23 heavy (non-hydrogen) atoms. The fourth-order valence-electron chi connectivity index (χ4n) is 3.49. The number of piperidine rings is 1. The lowest BCUT2D eigenvalue weighted by atomic mass is 9.89. The molecule has 1 aliphatic carbocycles. The molecule has 1 fully saturated rings. The van der Waals surface area contributed by atoms with Gasteiger partial charge in [-0.1, -0.05) is 12.2 Å². The van der Waals surface area contributed by atoms with Crippen LogP contribution in [-0.2, 0) is 4.79 Å². The first-order chi connectivity index (χ1) is 11.1. The van der Waals surface area contributed by atoms with Crippen LogP contribution in [0.15, 0.2) is 39.8 Å². The summed E-state index contributed by atoms with van der Waals surface area (Å²) in [7, 11) is 0. The van der Waals surface area contributed by atoms with Gasteiger partial charge in [0.1, 0.15) is 5.82 Å². The molecule has 7 heteroatoms. The summed E-state index contributed by atoms with van der Waals surface area (Å²) >= 11 is 0. The topological polar surface area (TPSA) is 96.6 Å². The van der Waals surface area contributed by atoms with Gasteiger partial charge < -0.3 is 10.4 Å². The second-order valence-electron chi connectivity index (χ2n) is 5.96. The van der Waals surface area contributed by atoms with E-state index in [1.54, 1.807) is 22.9 Å². The summed E-state index contributed by atoms with van der Waals surface area (Å²) in [4.78, 5) is 27.6. The zero-order chi connectivity index (χ0) is 16.0. The Morgan fingerprint density at radius 2 is 2.13 bits per heavy atom. The summed E-state index contributed by atoms with van der Waals surface area (Å²) in [5.74, 6) is -0.927. The number of hydrogen-bond donors (Lipinski definition) is 2. The van der Waals surface area contributed by atoms with Gasteiger partial charge in [-0.15, -0.1) is 0 Å². The van der Waals surface area contributed by atoms with Gasteiger partial charge in [-0.2, -0.15) is 10.1 Å². The van der Waals surface area contributed by atoms with Crippen LogP contribution in [-0.4, -0.2) is 39.5 Å². The Balaban J connectivity index is 1.86. The van der Waals surface area contributed by atoms with Crippen LogP contribution in [0.4, 0.5) is 0 Å². The highest BCUT2D eigenvalue weighted by atomic mass is 16.4. The zero-order valence-electron chi connectivity index (χ0n) is 12.4. The molecule has 2 N–H and O–H groups in total. The first-order valence-electron chi connectivity index (χ1n) is 7.70. The summed E-state index contributed by atoms with van der Waals surface area (Å²) in [6.07, 6.45) is 6.85. The molecule has 0 saturated carbocycles. The first-order valence-corrected chi connectivity index (χ1v) is 7.70. The molecule has 118 valence electrons. The maximum absolute atomic E-state index is 12.1. The van der Waals surface area contributed by atoms with Gasteiger partial charge in [-0.05, 0) is 32.0 Å². The lowest BCUT2D eigenvalue weighted by Crippen LogP contribution is -2.30. The van der Waals surface area contributed by atoms with E-state index in [4.69, 9.17) is 0 Å². The molecule has 3 heterocycles. The van der Waals surface area contributed by atoms with Crippen molar-refractivity contribution in [2.75, 3.05) is 13.1 Å². The second-order valence-corrected chi connectivity index (χ2v) is 5.96. The highest BCUT2D eigenvalue weighted by Gasteiger charge is 2.37. The number of rotatable bonds is 2. The third-order valence-corrected chi connectivity index (χ3v) is 4.59. The van der Waals surface area contributed by atoms with Gasteiger partial charge >= 0.3 is 5.97 Å². The third-order valence-electron chi connectivity index (χ3n) is 4.59. The number of hydrogen-bond acceptors (Lipinski definition) is 5. The smallest absolute Gasteiger partial charge is 0.332 e. The van der Waals surface area contributed by atoms with Gasteiger partial charge in [0.2, 0.25) is 0 Å². The van der Waals surface area contributed by atoms with Crippen molar-refractivity contribution in [2.24, 2.45) is 5.10 Å². The number of allylic oxidation sites excluding steroid dienone is 3. The predicted octanol–water partition coefficient (Wildman–Crippen LogP) is 0.592. The summed E-state index contributed by atoms with van der Waals surface area (Å²) in [5.41, 5.74) is 1.33. The molecule has 7 nitrogen and oxygen atoms in total. The maximum atomic E-state index is 12.1. The fourth-order valence-corrected chi connectivity index (χ4v) is 3.49. The van der Waals surface area contributed by atoms with Crippen molar-refractivity contribution in [3.8, 4) is 0 Å². The molecule has 1 saturated heterocycles. The van der Waals surface area contributed by atoms with Crippen LogP contribution < -0.4 is 10.9 Å². The van der Waals surface area contributed by atoms with Gasteiger partial charge in [-0.3, -0.25) is 4.79 Å². The van der Waals surface area contributed by atoms with E-state index in [1.165, 1.54) is 6.07 Å². The van der Waals surface area contributed by atoms with Crippen LogP contribution in [0.3, 0.4) is 0 Å². The lowest BCUT2D eigenvalue weighted by molar-refractivity contribution is -0.132. The molecule has 0 spiro atoms. The van der Waals surface area contributed by atoms with Gasteiger partial charge in [-0.25, -0.2) is 9.47 Å². The van der Waals surface area contributed by atoms with Crippen LogP contribution in [0, 0.1) is 0 Å². The molecule has 1 atom stereocenters. The summed E-state index contributed by atoms with van der Waals surface area (Å²) in [6, 6.07) is 1.54. The number of aliphatic carboxylic acids is 1. The normalized spacial score (nSPS) is 23.0. The molecular weight excluding hydrogens is 296 g/mol. The summed E-state index contributed by atoms with van der Waals surface area (Å²) < 4.78 is 1.68. The molecule has 2 aliphatic heterocycles. The van der Waals surface area contributed by atoms with E-state index in [9.17, 15) is 14.7 Å². The quantitative estimate of drug-likeness (QED) is 0.833. The first kappa shape index (κ1) is 14.1. The van der Waals surface area contributed by atoms with E-state index in [-0.39, 0.29) is 17.1 Å². The van der Waals surface area contributed by atoms with E-state index >= 15 is 0 Å². The Morgan fingerprint density at radius 1 is 1.35 bits per heavy atom. The Labute approximate surface area is 132 Å². The lowest BCUT2D eigenvalue weighted by Gasteiger charge is -2.24. The molecule has 1 aromatic heterocycles. The van der Waals surface area contributed by atoms with E-state index in [2.05, 4.69) is 15.4 Å². The Kier molecular flexibility index (Phi) is 3.23. The van der Waals surface area contributed by atoms with Gasteiger partial charge in [0.05, 0.1) is 22.9 Å². The van der Waals surface area contributed by atoms with Crippen LogP contribution in [0.2, 0.25) is 0 Å². The molecule has 0 bridgehead atoms. The van der Waals surface area contributed by atoms with Gasteiger partial charge in [0.25, 0.3) is 5.56 Å². The molecule has 0 radical (unpaired) electrons. The minimum absolute atomic E-state index is 0.201. The van der Waals surface area contributed by atoms with E-state index in [0.29, 0.717) is 11.5 Å². The Hall–Kier alpha value is -2.54. The predicted molar refractivity (Wildman–Crippen MR) is 83.8 cm³/mol. The van der Waals surface area contributed by atoms with Crippen LogP contribution in [0.25, 0.3) is 0 Å². The van der Waals surface area contributed by atoms with Gasteiger partial charge in [0, 0.05) is 12.0 Å². The number of carboxylic acid groups (broad SMARTS) is 1. The largest absolute Gasteiger partial charge is 0.478 e. The van der Waals surface area contributed by atoms with Crippen LogP contribution >= 0.6 is 0 Å². The van der Waals surface area contributed by atoms with Crippen molar-refractivity contribution in [2.45, 2.75) is 24.7 Å². The highest BCUT2D eigenvalue weighted by molar-refractivity contribution is 6.10. The van der Waals surface area contributed by atoms with Gasteiger partial charge in [0.15, 0.2) is 0 Å². The standard InChI is InChI=1S/C16H16N4O3/c21-13-8-12(9-4-6-17-7-5-9)20-15(18-13)14-10(16(22)23)2-1-3-11(14)19-20/h1-3,8-9,14,17H,4-7H2,(H,22,23). The molecule has 3 aliphatic rings. The number of nitrogens with zero attached hydrogens (tertiary/aromatic N) is 3. The summed E-state index contributed by atoms with van der Waals surface area (Å²) in [5, 5.41) is 17.3. The van der Waals surface area contributed by atoms with Crippen molar-refractivity contribution < 1.29 is 9.90 Å². The maximum Gasteiger partial charge on any atom is 0.332 e. The summed E-state index contributed by atoms with van der Waals surface area (Å²) in [6.45, 7) is 1.80. The number of carboxylic acids is 1. The molecule has 1 aromatic rings. The third kappa shape index (κ3) is 2.24. The van der Waals surface area contributed by atoms with Crippen LogP contribution in [0.1, 0.15) is 36.2 Å². The Morgan fingerprint density at radius 3 is 2.87 bits per heavy atom. The average Bonchev–Trinajstić information content (AvgIpc) is 2.93. The number of aromatic nitrogens is 2. The van der Waals surface area contributed by atoms with E-state index in [1.807, 2.05) is 0 Å². The Bertz CT molecular complexity index is 828. The zero-order valence-corrected chi connectivity index (χ0v) is 12.4. The van der Waals surface area contributed by atoms with Crippen molar-refractivity contribution in [3.05, 3.63) is 51.7 Å². The van der Waals surface area contributed by atoms with Crippen molar-refractivity contribution >= 4 is 11.7 Å².